The van der Waals surface area contributed by atoms with E-state index in [0.717, 1.165) is 12.1 Å². The zero-order chi connectivity index (χ0) is 13.7. The van der Waals surface area contributed by atoms with Crippen LogP contribution in [-0.2, 0) is 4.79 Å². The maximum atomic E-state index is 11.1. The highest BCUT2D eigenvalue weighted by atomic mass is 16.6. The molecule has 0 atom stereocenters. The number of benzene rings is 1. The van der Waals surface area contributed by atoms with Gasteiger partial charge in [-0.05, 0) is 11.5 Å². The van der Waals surface area contributed by atoms with Crippen LogP contribution in [0.2, 0.25) is 0 Å². The number of nitro benzene ring substituents is 1. The molecule has 0 radical (unpaired) electrons. The number of nitrogens with one attached hydrogen (secondary N) is 1. The molecule has 0 aliphatic rings. The number of nitro groups is 1. The van der Waals surface area contributed by atoms with Gasteiger partial charge < -0.3 is 15.4 Å². The van der Waals surface area contributed by atoms with Gasteiger partial charge in [-0.2, -0.15) is 5.26 Å². The summed E-state index contributed by atoms with van der Waals surface area (Å²) in [4.78, 5) is 21.0. The number of anilines is 1. The molecule has 0 aromatic heterocycles. The first-order chi connectivity index (χ1) is 8.43. The van der Waals surface area contributed by atoms with Crippen LogP contribution in [0.25, 0.3) is 0 Å². The average Bonchev–Trinajstić information content (AvgIpc) is 2.28. The fourth-order valence-electron chi connectivity index (χ4n) is 1.24. The first-order valence-corrected chi connectivity index (χ1v) is 4.76. The second-order valence-electron chi connectivity index (χ2n) is 3.33. The average molecular weight is 249 g/mol. The van der Waals surface area contributed by atoms with Crippen LogP contribution in [0, 0.1) is 21.4 Å². The second-order valence-corrected chi connectivity index (χ2v) is 3.33. The van der Waals surface area contributed by atoms with Crippen molar-refractivity contribution in [1.82, 2.24) is 0 Å². The summed E-state index contributed by atoms with van der Waals surface area (Å²) in [6.45, 7) is 0. The predicted molar refractivity (Wildman–Crippen MR) is 61.8 cm³/mol. The number of carbonyl (C=O) groups excluding carboxylic acids is 1. The van der Waals surface area contributed by atoms with E-state index < -0.39 is 30.1 Å². The lowest BCUT2D eigenvalue weighted by Gasteiger charge is -2.06. The largest absolute Gasteiger partial charge is 0.488 e. The number of amides is 1. The first-order valence-electron chi connectivity index (χ1n) is 4.76. The number of rotatable bonds is 4. The third-order valence-corrected chi connectivity index (χ3v) is 1.97. The Morgan fingerprint density at radius 2 is 2.17 bits per heavy atom. The quantitative estimate of drug-likeness (QED) is 0.360. The van der Waals surface area contributed by atoms with Gasteiger partial charge in [-0.25, -0.2) is 0 Å². The van der Waals surface area contributed by atoms with Crippen molar-refractivity contribution in [3.8, 4) is 6.07 Å². The van der Waals surface area contributed by atoms with E-state index in [1.165, 1.54) is 6.07 Å². The molecule has 0 heterocycles. The van der Waals surface area contributed by atoms with Gasteiger partial charge in [0.05, 0.1) is 11.0 Å². The van der Waals surface area contributed by atoms with Crippen molar-refractivity contribution >= 4 is 29.9 Å². The van der Waals surface area contributed by atoms with Crippen molar-refractivity contribution in [2.45, 2.75) is 6.42 Å². The van der Waals surface area contributed by atoms with Gasteiger partial charge in [0.15, 0.2) is 0 Å². The van der Waals surface area contributed by atoms with Gasteiger partial charge in [-0.1, -0.05) is 0 Å². The number of hydrogen-bond donors (Lipinski definition) is 3. The van der Waals surface area contributed by atoms with Crippen LogP contribution in [0.1, 0.15) is 6.42 Å². The highest BCUT2D eigenvalue weighted by molar-refractivity contribution is 6.58. The molecular formula is C9H8BN3O5. The van der Waals surface area contributed by atoms with Gasteiger partial charge in [0.2, 0.25) is 5.91 Å². The summed E-state index contributed by atoms with van der Waals surface area (Å²) in [5, 5.41) is 39.1. The zero-order valence-electron chi connectivity index (χ0n) is 9.03. The molecule has 18 heavy (non-hydrogen) atoms. The van der Waals surface area contributed by atoms with Crippen molar-refractivity contribution < 1.29 is 19.8 Å². The highest BCUT2D eigenvalue weighted by Gasteiger charge is 2.18. The van der Waals surface area contributed by atoms with E-state index in [4.69, 9.17) is 15.3 Å². The van der Waals surface area contributed by atoms with Crippen LogP contribution in [0.15, 0.2) is 18.2 Å². The molecule has 92 valence electrons. The second kappa shape index (κ2) is 5.76. The Labute approximate surface area is 102 Å². The summed E-state index contributed by atoms with van der Waals surface area (Å²) >= 11 is 0. The Kier molecular flexibility index (Phi) is 4.36. The molecular weight excluding hydrogens is 241 g/mol. The molecule has 1 amide bonds. The molecule has 9 heteroatoms. The molecule has 0 aliphatic heterocycles. The zero-order valence-corrected chi connectivity index (χ0v) is 9.03. The van der Waals surface area contributed by atoms with E-state index in [2.05, 4.69) is 5.32 Å². The van der Waals surface area contributed by atoms with Gasteiger partial charge in [-0.15, -0.1) is 0 Å². The fourth-order valence-corrected chi connectivity index (χ4v) is 1.24. The third-order valence-electron chi connectivity index (χ3n) is 1.97. The van der Waals surface area contributed by atoms with Gasteiger partial charge in [-0.3, -0.25) is 14.9 Å². The van der Waals surface area contributed by atoms with E-state index in [0.29, 0.717) is 0 Å². The Bertz CT molecular complexity index is 525. The molecule has 0 aliphatic carbocycles. The first kappa shape index (κ1) is 13.6. The van der Waals surface area contributed by atoms with E-state index in [1.807, 2.05) is 0 Å². The minimum atomic E-state index is -1.89. The standard InChI is InChI=1S/C9H8BN3O5/c11-2-1-9(14)12-7-3-6(10(15)16)4-8(5-7)13(17)18/h3-5,15-16H,1H2,(H,12,14). The van der Waals surface area contributed by atoms with Crippen molar-refractivity contribution in [1.29, 1.82) is 5.26 Å². The summed E-state index contributed by atoms with van der Waals surface area (Å²) in [6.07, 6.45) is -0.403. The molecule has 1 aromatic carbocycles. The summed E-state index contributed by atoms with van der Waals surface area (Å²) < 4.78 is 0. The van der Waals surface area contributed by atoms with Crippen molar-refractivity contribution in [3.63, 3.8) is 0 Å². The number of non-ortho nitro benzene ring substituents is 1. The predicted octanol–water partition coefficient (Wildman–Crippen LogP) is -0.873. The van der Waals surface area contributed by atoms with Gasteiger partial charge >= 0.3 is 7.12 Å². The van der Waals surface area contributed by atoms with Crippen LogP contribution in [0.3, 0.4) is 0 Å². The molecule has 1 rings (SSSR count). The number of nitriles is 1. The molecule has 0 unspecified atom stereocenters. The molecule has 0 saturated heterocycles. The SMILES string of the molecule is N#CCC(=O)Nc1cc(B(O)O)cc([N+](=O)[O-])c1. The number of hydrogen-bond acceptors (Lipinski definition) is 6. The van der Waals surface area contributed by atoms with E-state index in [9.17, 15) is 14.9 Å². The van der Waals surface area contributed by atoms with Crippen LogP contribution in [0.5, 0.6) is 0 Å². The van der Waals surface area contributed by atoms with Gasteiger partial charge in [0, 0.05) is 17.8 Å². The van der Waals surface area contributed by atoms with Crippen molar-refractivity contribution in [3.05, 3.63) is 28.3 Å². The Hall–Kier alpha value is -2.44. The molecule has 0 fully saturated rings. The minimum Gasteiger partial charge on any atom is -0.423 e. The maximum absolute atomic E-state index is 11.1. The third kappa shape index (κ3) is 3.55. The molecule has 0 bridgehead atoms. The summed E-state index contributed by atoms with van der Waals surface area (Å²) in [6, 6.07) is 4.82. The van der Waals surface area contributed by atoms with Crippen LogP contribution in [0.4, 0.5) is 11.4 Å². The van der Waals surface area contributed by atoms with E-state index in [-0.39, 0.29) is 11.2 Å². The van der Waals surface area contributed by atoms with Gasteiger partial charge in [0.25, 0.3) is 5.69 Å². The Morgan fingerprint density at radius 3 is 2.67 bits per heavy atom. The molecule has 0 saturated carbocycles. The smallest absolute Gasteiger partial charge is 0.423 e. The van der Waals surface area contributed by atoms with Crippen molar-refractivity contribution in [2.75, 3.05) is 5.32 Å². The highest BCUT2D eigenvalue weighted by Crippen LogP contribution is 2.16. The Balaban J connectivity index is 3.08. The lowest BCUT2D eigenvalue weighted by Crippen LogP contribution is -2.30. The monoisotopic (exact) mass is 249 g/mol. The van der Waals surface area contributed by atoms with Crippen LogP contribution < -0.4 is 10.8 Å². The van der Waals surface area contributed by atoms with E-state index in [1.54, 1.807) is 6.07 Å². The summed E-state index contributed by atoms with van der Waals surface area (Å²) in [5.41, 5.74) is -0.503. The topological polar surface area (TPSA) is 136 Å². The number of carbonyl (C=O) groups is 1. The minimum absolute atomic E-state index is 0.0209. The summed E-state index contributed by atoms with van der Waals surface area (Å²) in [5.74, 6) is -0.642. The lowest BCUT2D eigenvalue weighted by atomic mass is 9.80. The van der Waals surface area contributed by atoms with Crippen LogP contribution >= 0.6 is 0 Å². The van der Waals surface area contributed by atoms with Crippen molar-refractivity contribution in [2.24, 2.45) is 0 Å². The normalized spacial score (nSPS) is 9.39. The van der Waals surface area contributed by atoms with Gasteiger partial charge in [0.1, 0.15) is 6.42 Å². The van der Waals surface area contributed by atoms with Crippen LogP contribution in [-0.4, -0.2) is 28.0 Å². The Morgan fingerprint density at radius 1 is 1.50 bits per heavy atom. The lowest BCUT2D eigenvalue weighted by molar-refractivity contribution is -0.384. The molecule has 3 N–H and O–H groups in total. The maximum Gasteiger partial charge on any atom is 0.488 e. The van der Waals surface area contributed by atoms with E-state index >= 15 is 0 Å². The fraction of sp³-hybridized carbons (Fsp3) is 0.111. The summed E-state index contributed by atoms with van der Waals surface area (Å²) in [7, 11) is -1.89. The molecule has 8 nitrogen and oxygen atoms in total. The molecule has 0 spiro atoms. The molecule has 1 aromatic rings. The number of nitrogens with zero attached hydrogens (tertiary/aromatic N) is 2.